The molecule has 0 aliphatic rings. The van der Waals surface area contributed by atoms with E-state index in [0.29, 0.717) is 11.5 Å². The monoisotopic (exact) mass is 295 g/mol. The first-order valence-electron chi connectivity index (χ1n) is 7.15. The van der Waals surface area contributed by atoms with Gasteiger partial charge in [-0.2, -0.15) is 0 Å². The first-order valence-corrected chi connectivity index (χ1v) is 7.15. The first-order chi connectivity index (χ1) is 10.6. The molecule has 1 unspecified atom stereocenters. The molecule has 0 radical (unpaired) electrons. The van der Waals surface area contributed by atoms with E-state index in [2.05, 4.69) is 9.97 Å². The number of oxazole rings is 1. The summed E-state index contributed by atoms with van der Waals surface area (Å²) in [7, 11) is 1.78. The lowest BCUT2D eigenvalue weighted by Gasteiger charge is -2.24. The van der Waals surface area contributed by atoms with Crippen molar-refractivity contribution in [2.45, 2.75) is 19.4 Å². The van der Waals surface area contributed by atoms with Gasteiger partial charge in [-0.1, -0.05) is 18.2 Å². The predicted octanol–water partition coefficient (Wildman–Crippen LogP) is 2.98. The maximum Gasteiger partial charge on any atom is 0.232 e. The number of carbonyl (C=O) groups excluding carboxylic acids is 1. The number of hydrogen-bond donors (Lipinski definition) is 0. The topological polar surface area (TPSA) is 59.2 Å². The number of hydrogen-bond acceptors (Lipinski definition) is 4. The van der Waals surface area contributed by atoms with Gasteiger partial charge in [0.1, 0.15) is 11.9 Å². The second kappa shape index (κ2) is 5.97. The van der Waals surface area contributed by atoms with Gasteiger partial charge in [-0.15, -0.1) is 0 Å². The number of carbonyl (C=O) groups is 1. The van der Waals surface area contributed by atoms with E-state index >= 15 is 0 Å². The van der Waals surface area contributed by atoms with Crippen LogP contribution in [0.25, 0.3) is 11.1 Å². The number of rotatable bonds is 4. The Bertz CT molecular complexity index is 750. The van der Waals surface area contributed by atoms with Gasteiger partial charge in [0.05, 0.1) is 6.04 Å². The molecule has 22 heavy (non-hydrogen) atoms. The molecular weight excluding hydrogens is 278 g/mol. The lowest BCUT2D eigenvalue weighted by molar-refractivity contribution is -0.131. The Hall–Kier alpha value is -2.69. The van der Waals surface area contributed by atoms with Crippen molar-refractivity contribution < 1.29 is 9.21 Å². The number of para-hydroxylation sites is 2. The standard InChI is InChI=1S/C17H17N3O2/c1-12(13-6-5-9-18-11-13)20(2)17(21)10-16-19-14-7-3-4-8-15(14)22-16/h3-9,11-12H,10H2,1-2H3. The van der Waals surface area contributed by atoms with Crippen LogP contribution in [-0.2, 0) is 11.2 Å². The Balaban J connectivity index is 1.73. The van der Waals surface area contributed by atoms with E-state index in [1.54, 1.807) is 24.3 Å². The molecule has 5 heteroatoms. The lowest BCUT2D eigenvalue weighted by Crippen LogP contribution is -2.31. The lowest BCUT2D eigenvalue weighted by atomic mass is 10.1. The molecule has 3 rings (SSSR count). The maximum absolute atomic E-state index is 12.4. The van der Waals surface area contributed by atoms with Gasteiger partial charge in [0.2, 0.25) is 11.8 Å². The van der Waals surface area contributed by atoms with Gasteiger partial charge >= 0.3 is 0 Å². The van der Waals surface area contributed by atoms with Crippen LogP contribution in [0.1, 0.15) is 24.4 Å². The van der Waals surface area contributed by atoms with Crippen LogP contribution in [-0.4, -0.2) is 27.8 Å². The molecule has 112 valence electrons. The molecule has 2 heterocycles. The van der Waals surface area contributed by atoms with Crippen molar-refractivity contribution in [3.63, 3.8) is 0 Å². The zero-order valence-electron chi connectivity index (χ0n) is 12.6. The summed E-state index contributed by atoms with van der Waals surface area (Å²) in [4.78, 5) is 22.5. The largest absolute Gasteiger partial charge is 0.440 e. The highest BCUT2D eigenvalue weighted by Gasteiger charge is 2.20. The quantitative estimate of drug-likeness (QED) is 0.742. The Morgan fingerprint density at radius 2 is 2.09 bits per heavy atom. The molecule has 0 fully saturated rings. The Morgan fingerprint density at radius 1 is 1.27 bits per heavy atom. The van der Waals surface area contributed by atoms with E-state index in [4.69, 9.17) is 4.42 Å². The summed E-state index contributed by atoms with van der Waals surface area (Å²) in [5.41, 5.74) is 2.47. The minimum atomic E-state index is -0.0504. The van der Waals surface area contributed by atoms with Crippen LogP contribution in [0.2, 0.25) is 0 Å². The van der Waals surface area contributed by atoms with Gasteiger partial charge in [0, 0.05) is 19.4 Å². The third-order valence-electron chi connectivity index (χ3n) is 3.78. The highest BCUT2D eigenvalue weighted by atomic mass is 16.3. The van der Waals surface area contributed by atoms with Crippen molar-refractivity contribution in [3.8, 4) is 0 Å². The maximum atomic E-state index is 12.4. The van der Waals surface area contributed by atoms with Crippen molar-refractivity contribution >= 4 is 17.0 Å². The molecule has 0 aliphatic heterocycles. The molecule has 1 amide bonds. The van der Waals surface area contributed by atoms with Crippen LogP contribution in [0.4, 0.5) is 0 Å². The summed E-state index contributed by atoms with van der Waals surface area (Å²) >= 11 is 0. The molecule has 1 atom stereocenters. The number of fused-ring (bicyclic) bond motifs is 1. The highest BCUT2D eigenvalue weighted by Crippen LogP contribution is 2.20. The third-order valence-corrected chi connectivity index (χ3v) is 3.78. The van der Waals surface area contributed by atoms with Gasteiger partial charge < -0.3 is 9.32 Å². The van der Waals surface area contributed by atoms with Crippen LogP contribution in [0.5, 0.6) is 0 Å². The average molecular weight is 295 g/mol. The Labute approximate surface area is 128 Å². The van der Waals surface area contributed by atoms with E-state index < -0.39 is 0 Å². The van der Waals surface area contributed by atoms with Crippen LogP contribution in [0.3, 0.4) is 0 Å². The van der Waals surface area contributed by atoms with E-state index in [1.165, 1.54) is 0 Å². The van der Waals surface area contributed by atoms with Gasteiger partial charge in [0.15, 0.2) is 5.58 Å². The fourth-order valence-electron chi connectivity index (χ4n) is 2.31. The molecule has 0 aliphatic carbocycles. The number of benzene rings is 1. The number of amides is 1. The first kappa shape index (κ1) is 14.3. The zero-order chi connectivity index (χ0) is 15.5. The van der Waals surface area contributed by atoms with Gasteiger partial charge in [-0.25, -0.2) is 4.98 Å². The third kappa shape index (κ3) is 2.83. The van der Waals surface area contributed by atoms with Crippen LogP contribution in [0, 0.1) is 0 Å². The Kier molecular flexibility index (Phi) is 3.87. The molecule has 2 aromatic heterocycles. The number of pyridine rings is 1. The number of nitrogens with zero attached hydrogens (tertiary/aromatic N) is 3. The number of aromatic nitrogens is 2. The molecule has 3 aromatic rings. The van der Waals surface area contributed by atoms with Crippen LogP contribution in [0.15, 0.2) is 53.2 Å². The minimum absolute atomic E-state index is 0.0390. The zero-order valence-corrected chi connectivity index (χ0v) is 12.6. The fourth-order valence-corrected chi connectivity index (χ4v) is 2.31. The summed E-state index contributed by atoms with van der Waals surface area (Å²) in [5, 5.41) is 0. The van der Waals surface area contributed by atoms with E-state index in [9.17, 15) is 4.79 Å². The molecule has 1 aromatic carbocycles. The molecule has 5 nitrogen and oxygen atoms in total. The smallest absolute Gasteiger partial charge is 0.232 e. The van der Waals surface area contributed by atoms with E-state index in [1.807, 2.05) is 43.3 Å². The van der Waals surface area contributed by atoms with Crippen LogP contribution < -0.4 is 0 Å². The van der Waals surface area contributed by atoms with E-state index in [0.717, 1.165) is 11.1 Å². The fraction of sp³-hybridized carbons (Fsp3) is 0.235. The van der Waals surface area contributed by atoms with Crippen molar-refractivity contribution in [2.75, 3.05) is 7.05 Å². The molecule has 0 spiro atoms. The number of likely N-dealkylation sites (N-methyl/N-ethyl adjacent to an activating group) is 1. The summed E-state index contributed by atoms with van der Waals surface area (Å²) in [6, 6.07) is 11.3. The minimum Gasteiger partial charge on any atom is -0.440 e. The molecule has 0 bridgehead atoms. The summed E-state index contributed by atoms with van der Waals surface area (Å²) in [6.45, 7) is 1.97. The normalized spacial score (nSPS) is 12.3. The SMILES string of the molecule is CC(c1cccnc1)N(C)C(=O)Cc1nc2ccccc2o1. The van der Waals surface area contributed by atoms with Gasteiger partial charge in [-0.3, -0.25) is 9.78 Å². The molecule has 0 saturated carbocycles. The second-order valence-electron chi connectivity index (χ2n) is 5.22. The van der Waals surface area contributed by atoms with Gasteiger partial charge in [-0.05, 0) is 30.7 Å². The van der Waals surface area contributed by atoms with Crippen molar-refractivity contribution in [3.05, 3.63) is 60.2 Å². The Morgan fingerprint density at radius 3 is 2.82 bits per heavy atom. The highest BCUT2D eigenvalue weighted by molar-refractivity contribution is 5.79. The molecular formula is C17H17N3O2. The van der Waals surface area contributed by atoms with Crippen LogP contribution >= 0.6 is 0 Å². The predicted molar refractivity (Wildman–Crippen MR) is 83.1 cm³/mol. The van der Waals surface area contributed by atoms with Crippen molar-refractivity contribution in [1.82, 2.24) is 14.9 Å². The molecule has 0 N–H and O–H groups in total. The summed E-state index contributed by atoms with van der Waals surface area (Å²) < 4.78 is 5.60. The van der Waals surface area contributed by atoms with Crippen molar-refractivity contribution in [1.29, 1.82) is 0 Å². The summed E-state index contributed by atoms with van der Waals surface area (Å²) in [5.74, 6) is 0.402. The summed E-state index contributed by atoms with van der Waals surface area (Å²) in [6.07, 6.45) is 3.64. The van der Waals surface area contributed by atoms with Gasteiger partial charge in [0.25, 0.3) is 0 Å². The molecule has 0 saturated heterocycles. The average Bonchev–Trinajstić information content (AvgIpc) is 2.96. The van der Waals surface area contributed by atoms with E-state index in [-0.39, 0.29) is 18.4 Å². The second-order valence-corrected chi connectivity index (χ2v) is 5.22. The van der Waals surface area contributed by atoms with Crippen molar-refractivity contribution in [2.24, 2.45) is 0 Å².